The Morgan fingerprint density at radius 3 is 1.79 bits per heavy atom. The first-order valence-electron chi connectivity index (χ1n) is 12.2. The van der Waals surface area contributed by atoms with Gasteiger partial charge in [0, 0.05) is 16.6 Å². The van der Waals surface area contributed by atoms with Crippen LogP contribution in [-0.2, 0) is 36.2 Å². The van der Waals surface area contributed by atoms with Crippen LogP contribution in [0.1, 0.15) is 5.69 Å². The number of nitrogens with one attached hydrogen (secondary N) is 1. The maximum Gasteiger partial charge on any atom is 0.324 e. The number of rotatable bonds is 13. The van der Waals surface area contributed by atoms with E-state index in [-0.39, 0.29) is 26.6 Å². The van der Waals surface area contributed by atoms with E-state index in [2.05, 4.69) is 4.98 Å². The number of sulfonamides is 2. The highest BCUT2D eigenvalue weighted by Gasteiger charge is 2.30. The predicted molar refractivity (Wildman–Crippen MR) is 152 cm³/mol. The van der Waals surface area contributed by atoms with Crippen LogP contribution in [-0.4, -0.2) is 75.6 Å². The van der Waals surface area contributed by atoms with Crippen LogP contribution < -0.4 is 13.8 Å². The van der Waals surface area contributed by atoms with Gasteiger partial charge in [0.1, 0.15) is 24.6 Å². The molecule has 0 aliphatic carbocycles. The predicted octanol–water partition coefficient (Wildman–Crippen LogP) is 2.74. The number of aromatic amines is 1. The number of carbonyl (C=O) groups is 2. The molecule has 3 aromatic carbocycles. The van der Waals surface area contributed by atoms with Crippen molar-refractivity contribution in [2.45, 2.75) is 16.3 Å². The molecule has 0 saturated heterocycles. The smallest absolute Gasteiger partial charge is 0.324 e. The number of hydrogen-bond donors (Lipinski definition) is 3. The van der Waals surface area contributed by atoms with Crippen molar-refractivity contribution in [3.63, 3.8) is 0 Å². The molecule has 0 saturated carbocycles. The molecule has 0 amide bonds. The van der Waals surface area contributed by atoms with Gasteiger partial charge in [-0.25, -0.2) is 16.8 Å². The summed E-state index contributed by atoms with van der Waals surface area (Å²) < 4.78 is 65.6. The first-order chi connectivity index (χ1) is 19.9. The molecule has 0 fully saturated rings. The van der Waals surface area contributed by atoms with Crippen LogP contribution in [0.2, 0.25) is 0 Å². The van der Waals surface area contributed by atoms with Gasteiger partial charge in [-0.2, -0.15) is 4.31 Å². The Bertz CT molecular complexity index is 1820. The van der Waals surface area contributed by atoms with Crippen molar-refractivity contribution in [2.24, 2.45) is 0 Å². The van der Waals surface area contributed by atoms with Gasteiger partial charge in [0.25, 0.3) is 10.0 Å². The third-order valence-corrected chi connectivity index (χ3v) is 9.83. The average molecular weight is 618 g/mol. The van der Waals surface area contributed by atoms with Crippen molar-refractivity contribution in [3.05, 3.63) is 78.5 Å². The molecule has 4 aromatic rings. The maximum atomic E-state index is 13.6. The number of carboxylic acid groups (broad SMARTS) is 2. The van der Waals surface area contributed by atoms with E-state index in [4.69, 9.17) is 9.47 Å². The highest BCUT2D eigenvalue weighted by Crippen LogP contribution is 2.33. The summed E-state index contributed by atoms with van der Waals surface area (Å²) in [5.74, 6) is -1.97. The van der Waals surface area contributed by atoms with Gasteiger partial charge < -0.3 is 24.7 Å². The van der Waals surface area contributed by atoms with Crippen molar-refractivity contribution in [1.82, 2.24) is 9.29 Å². The van der Waals surface area contributed by atoms with Gasteiger partial charge in [0.05, 0.1) is 36.2 Å². The zero-order chi connectivity index (χ0) is 30.7. The van der Waals surface area contributed by atoms with Crippen molar-refractivity contribution in [2.75, 3.05) is 31.6 Å². The maximum absolute atomic E-state index is 13.6. The summed E-state index contributed by atoms with van der Waals surface area (Å²) in [7, 11) is -5.81. The number of H-pyrrole nitrogens is 1. The molecule has 0 atom stereocenters. The number of nitrogens with zero attached hydrogens (tertiary/aromatic N) is 2. The summed E-state index contributed by atoms with van der Waals surface area (Å²) in [4.78, 5) is 26.0. The van der Waals surface area contributed by atoms with E-state index >= 15 is 0 Å². The summed E-state index contributed by atoms with van der Waals surface area (Å²) in [5, 5.41) is 19.3. The first-order valence-corrected chi connectivity index (χ1v) is 15.1. The summed E-state index contributed by atoms with van der Waals surface area (Å²) in [6.45, 7) is -2.16. The number of benzene rings is 3. The Morgan fingerprint density at radius 2 is 1.29 bits per heavy atom. The molecular formula is C27H27N3O10S2. The topological polar surface area (TPSA) is 184 Å². The number of methoxy groups -OCH3 is 2. The number of aliphatic carboxylic acids is 2. The molecule has 0 radical (unpaired) electrons. The fourth-order valence-electron chi connectivity index (χ4n) is 4.26. The second kappa shape index (κ2) is 12.1. The second-order valence-electron chi connectivity index (χ2n) is 8.96. The molecule has 0 bridgehead atoms. The molecule has 42 heavy (non-hydrogen) atoms. The lowest BCUT2D eigenvalue weighted by Crippen LogP contribution is -2.35. The number of carboxylic acids is 2. The number of fused-ring (bicyclic) bond motifs is 1. The molecular weight excluding hydrogens is 590 g/mol. The largest absolute Gasteiger partial charge is 0.497 e. The van der Waals surface area contributed by atoms with E-state index in [0.29, 0.717) is 17.0 Å². The van der Waals surface area contributed by atoms with Gasteiger partial charge in [-0.1, -0.05) is 6.07 Å². The van der Waals surface area contributed by atoms with Gasteiger partial charge in [-0.05, 0) is 66.7 Å². The molecule has 0 aliphatic rings. The zero-order valence-electron chi connectivity index (χ0n) is 22.4. The standard InChI is InChI=1S/C27H27N3O10S2/c1-39-19-6-10-21(11-7-19)41(35,36)29(16-26(31)32)15-18-14-23-24(28-18)4-3-5-25(23)30(17-27(33)34)42(37,38)22-12-8-20(40-2)9-13-22/h3-14,28H,15-17H2,1-2H3,(H,31,32)(H,33,34). The highest BCUT2D eigenvalue weighted by atomic mass is 32.2. The van der Waals surface area contributed by atoms with Crippen LogP contribution in [0.4, 0.5) is 5.69 Å². The summed E-state index contributed by atoms with van der Waals surface area (Å²) in [5.41, 5.74) is 0.642. The van der Waals surface area contributed by atoms with Crippen LogP contribution in [0.3, 0.4) is 0 Å². The molecule has 13 nitrogen and oxygen atoms in total. The van der Waals surface area contributed by atoms with Crippen molar-refractivity contribution >= 4 is 48.6 Å². The Hall–Kier alpha value is -4.60. The van der Waals surface area contributed by atoms with Crippen molar-refractivity contribution in [1.29, 1.82) is 0 Å². The van der Waals surface area contributed by atoms with Crippen LogP contribution >= 0.6 is 0 Å². The minimum Gasteiger partial charge on any atom is -0.497 e. The van der Waals surface area contributed by atoms with E-state index in [9.17, 15) is 36.6 Å². The van der Waals surface area contributed by atoms with Crippen molar-refractivity contribution in [3.8, 4) is 11.5 Å². The van der Waals surface area contributed by atoms with E-state index < -0.39 is 51.6 Å². The normalized spacial score (nSPS) is 11.9. The van der Waals surface area contributed by atoms with Crippen molar-refractivity contribution < 1.29 is 46.1 Å². The monoisotopic (exact) mass is 617 g/mol. The lowest BCUT2D eigenvalue weighted by molar-refractivity contribution is -0.137. The lowest BCUT2D eigenvalue weighted by Gasteiger charge is -2.23. The van der Waals surface area contributed by atoms with Crippen LogP contribution in [0, 0.1) is 0 Å². The fraction of sp³-hybridized carbons (Fsp3) is 0.185. The number of aromatic nitrogens is 1. The lowest BCUT2D eigenvalue weighted by atomic mass is 10.2. The number of hydrogen-bond acceptors (Lipinski definition) is 8. The number of anilines is 1. The Balaban J connectivity index is 1.76. The molecule has 0 unspecified atom stereocenters. The summed E-state index contributed by atoms with van der Waals surface area (Å²) >= 11 is 0. The molecule has 3 N–H and O–H groups in total. The molecule has 0 aliphatic heterocycles. The molecule has 15 heteroatoms. The fourth-order valence-corrected chi connectivity index (χ4v) is 7.06. The van der Waals surface area contributed by atoms with E-state index in [1.165, 1.54) is 80.9 Å². The minimum atomic E-state index is -4.37. The SMILES string of the molecule is COc1ccc(S(=O)(=O)N(CC(=O)O)Cc2cc3c(N(CC(=O)O)S(=O)(=O)c4ccc(OC)cc4)cccc3[nH]2)cc1. The third kappa shape index (κ3) is 6.32. The van der Waals surface area contributed by atoms with E-state index in [1.54, 1.807) is 6.07 Å². The first kappa shape index (κ1) is 30.4. The zero-order valence-corrected chi connectivity index (χ0v) is 24.1. The third-order valence-electron chi connectivity index (χ3n) is 6.25. The second-order valence-corrected chi connectivity index (χ2v) is 12.8. The van der Waals surface area contributed by atoms with E-state index in [0.717, 1.165) is 8.61 Å². The molecule has 1 heterocycles. The molecule has 222 valence electrons. The quantitative estimate of drug-likeness (QED) is 0.202. The van der Waals surface area contributed by atoms with Crippen LogP contribution in [0.5, 0.6) is 11.5 Å². The van der Waals surface area contributed by atoms with Gasteiger partial charge in [-0.3, -0.25) is 13.9 Å². The Kier molecular flexibility index (Phi) is 8.75. The van der Waals surface area contributed by atoms with Gasteiger partial charge in [-0.15, -0.1) is 0 Å². The summed E-state index contributed by atoms with van der Waals surface area (Å²) in [6, 6.07) is 16.9. The van der Waals surface area contributed by atoms with E-state index in [1.807, 2.05) is 0 Å². The van der Waals surface area contributed by atoms with Crippen LogP contribution in [0.15, 0.2) is 82.6 Å². The Labute approximate surface area is 241 Å². The van der Waals surface area contributed by atoms with Gasteiger partial charge in [0.2, 0.25) is 10.0 Å². The molecule has 0 spiro atoms. The minimum absolute atomic E-state index is 0.0241. The van der Waals surface area contributed by atoms with Gasteiger partial charge >= 0.3 is 11.9 Å². The van der Waals surface area contributed by atoms with Crippen LogP contribution in [0.25, 0.3) is 10.9 Å². The number of ether oxygens (including phenoxy) is 2. The highest BCUT2D eigenvalue weighted by molar-refractivity contribution is 7.93. The summed E-state index contributed by atoms with van der Waals surface area (Å²) in [6.07, 6.45) is 0. The molecule has 4 rings (SSSR count). The Morgan fingerprint density at radius 1 is 0.762 bits per heavy atom. The molecule has 1 aromatic heterocycles. The average Bonchev–Trinajstić information content (AvgIpc) is 3.38. The van der Waals surface area contributed by atoms with Gasteiger partial charge in [0.15, 0.2) is 0 Å².